The molecule has 2 rings (SSSR count). The smallest absolute Gasteiger partial charge is 0.475 e. The van der Waals surface area contributed by atoms with E-state index >= 15 is 0 Å². The lowest BCUT2D eigenvalue weighted by atomic mass is 9.99. The van der Waals surface area contributed by atoms with Crippen LogP contribution in [0.25, 0.3) is 6.08 Å². The topological polar surface area (TPSA) is 49.3 Å². The Bertz CT molecular complexity index is 539. The molecule has 2 N–H and O–H groups in total. The van der Waals surface area contributed by atoms with Crippen LogP contribution in [0.2, 0.25) is 0 Å². The van der Waals surface area contributed by atoms with Crippen LogP contribution in [0.1, 0.15) is 16.7 Å². The van der Waals surface area contributed by atoms with Crippen molar-refractivity contribution < 1.29 is 23.1 Å². The SMILES string of the molecule is Cc1cc(Br)cc(C)c1C=C1CNC1.O=C(O)C(F)(F)F. The number of rotatable bonds is 1. The normalized spacial score (nSPS) is 13.9. The fourth-order valence-electron chi connectivity index (χ4n) is 1.73. The van der Waals surface area contributed by atoms with E-state index in [0.717, 1.165) is 13.1 Å². The summed E-state index contributed by atoms with van der Waals surface area (Å²) in [6.45, 7) is 6.43. The van der Waals surface area contributed by atoms with E-state index in [2.05, 4.69) is 53.3 Å². The zero-order valence-electron chi connectivity index (χ0n) is 11.5. The molecule has 7 heteroatoms. The van der Waals surface area contributed by atoms with Crippen molar-refractivity contribution in [1.29, 1.82) is 0 Å². The lowest BCUT2D eigenvalue weighted by molar-refractivity contribution is -0.192. The van der Waals surface area contributed by atoms with Gasteiger partial charge in [0.05, 0.1) is 0 Å². The van der Waals surface area contributed by atoms with E-state index < -0.39 is 12.1 Å². The van der Waals surface area contributed by atoms with Crippen LogP contribution in [0.4, 0.5) is 13.2 Å². The second kappa shape index (κ2) is 7.09. The van der Waals surface area contributed by atoms with E-state index in [9.17, 15) is 13.2 Å². The second-order valence-corrected chi connectivity index (χ2v) is 5.58. The first-order valence-electron chi connectivity index (χ1n) is 6.08. The van der Waals surface area contributed by atoms with Gasteiger partial charge in [0.1, 0.15) is 0 Å². The Morgan fingerprint density at radius 3 is 2.00 bits per heavy atom. The summed E-state index contributed by atoms with van der Waals surface area (Å²) in [5.41, 5.74) is 5.57. The zero-order chi connectivity index (χ0) is 16.2. The maximum Gasteiger partial charge on any atom is 0.490 e. The number of alkyl halides is 3. The van der Waals surface area contributed by atoms with Gasteiger partial charge >= 0.3 is 12.1 Å². The summed E-state index contributed by atoms with van der Waals surface area (Å²) in [5.74, 6) is -2.76. The maximum absolute atomic E-state index is 10.6. The number of benzene rings is 1. The Balaban J connectivity index is 0.000000270. The van der Waals surface area contributed by atoms with E-state index in [0.29, 0.717) is 0 Å². The van der Waals surface area contributed by atoms with Crippen LogP contribution in [0.5, 0.6) is 0 Å². The number of aliphatic carboxylic acids is 1. The molecule has 0 unspecified atom stereocenters. The molecular weight excluding hydrogens is 351 g/mol. The highest BCUT2D eigenvalue weighted by Gasteiger charge is 2.38. The van der Waals surface area contributed by atoms with Gasteiger partial charge in [-0.25, -0.2) is 4.79 Å². The van der Waals surface area contributed by atoms with Crippen LogP contribution in [0.15, 0.2) is 22.2 Å². The van der Waals surface area contributed by atoms with Gasteiger partial charge in [-0.2, -0.15) is 13.2 Å². The van der Waals surface area contributed by atoms with Gasteiger partial charge in [0.15, 0.2) is 0 Å². The first-order chi connectivity index (χ1) is 9.61. The summed E-state index contributed by atoms with van der Waals surface area (Å²) in [6.07, 6.45) is -2.77. The molecule has 1 saturated heterocycles. The van der Waals surface area contributed by atoms with Gasteiger partial charge in [-0.3, -0.25) is 0 Å². The highest BCUT2D eigenvalue weighted by molar-refractivity contribution is 9.10. The first-order valence-corrected chi connectivity index (χ1v) is 6.87. The van der Waals surface area contributed by atoms with Gasteiger partial charge in [-0.15, -0.1) is 0 Å². The average molecular weight is 366 g/mol. The Morgan fingerprint density at radius 2 is 1.71 bits per heavy atom. The molecule has 1 aromatic rings. The molecule has 116 valence electrons. The molecular formula is C14H15BrF3NO2. The molecule has 0 radical (unpaired) electrons. The average Bonchev–Trinajstić information content (AvgIpc) is 2.24. The monoisotopic (exact) mass is 365 g/mol. The first kappa shape index (κ1) is 17.7. The van der Waals surface area contributed by atoms with Crippen molar-refractivity contribution in [2.45, 2.75) is 20.0 Å². The Morgan fingerprint density at radius 1 is 1.29 bits per heavy atom. The van der Waals surface area contributed by atoms with E-state index in [1.165, 1.54) is 26.7 Å². The van der Waals surface area contributed by atoms with Gasteiger partial charge in [-0.1, -0.05) is 22.0 Å². The summed E-state index contributed by atoms with van der Waals surface area (Å²) in [4.78, 5) is 8.90. The molecule has 0 bridgehead atoms. The highest BCUT2D eigenvalue weighted by Crippen LogP contribution is 2.23. The molecule has 1 aliphatic rings. The summed E-state index contributed by atoms with van der Waals surface area (Å²) in [5, 5.41) is 10.4. The van der Waals surface area contributed by atoms with Crippen molar-refractivity contribution in [2.24, 2.45) is 0 Å². The molecule has 0 atom stereocenters. The summed E-state index contributed by atoms with van der Waals surface area (Å²) in [7, 11) is 0. The molecule has 1 aromatic carbocycles. The minimum absolute atomic E-state index is 1.05. The molecule has 0 aromatic heterocycles. The Labute approximate surface area is 129 Å². The van der Waals surface area contributed by atoms with Crippen LogP contribution >= 0.6 is 15.9 Å². The summed E-state index contributed by atoms with van der Waals surface area (Å²) in [6, 6.07) is 4.34. The van der Waals surface area contributed by atoms with E-state index in [-0.39, 0.29) is 0 Å². The van der Waals surface area contributed by atoms with E-state index in [1.807, 2.05) is 0 Å². The standard InChI is InChI=1S/C12H14BrN.C2HF3O2/c1-8-3-11(13)4-9(2)12(8)5-10-6-14-7-10;3-2(4,5)1(6)7/h3-5,14H,6-7H2,1-2H3;(H,6,7). The number of carbonyl (C=O) groups is 1. The number of hydrogen-bond acceptors (Lipinski definition) is 2. The lowest BCUT2D eigenvalue weighted by Gasteiger charge is -2.19. The quantitative estimate of drug-likeness (QED) is 0.797. The van der Waals surface area contributed by atoms with Gasteiger partial charge in [0.2, 0.25) is 0 Å². The maximum atomic E-state index is 10.6. The number of nitrogens with one attached hydrogen (secondary N) is 1. The fraction of sp³-hybridized carbons (Fsp3) is 0.357. The van der Waals surface area contributed by atoms with Crippen LogP contribution in [0.3, 0.4) is 0 Å². The second-order valence-electron chi connectivity index (χ2n) is 4.66. The van der Waals surface area contributed by atoms with E-state index in [1.54, 1.807) is 0 Å². The minimum Gasteiger partial charge on any atom is -0.475 e. The fourth-order valence-corrected chi connectivity index (χ4v) is 2.41. The number of carboxylic acid groups (broad SMARTS) is 1. The molecule has 1 fully saturated rings. The highest BCUT2D eigenvalue weighted by atomic mass is 79.9. The zero-order valence-corrected chi connectivity index (χ0v) is 13.1. The van der Waals surface area contributed by atoms with E-state index in [4.69, 9.17) is 9.90 Å². The third kappa shape index (κ3) is 5.51. The number of carboxylic acids is 1. The van der Waals surface area contributed by atoms with Crippen molar-refractivity contribution in [2.75, 3.05) is 13.1 Å². The molecule has 3 nitrogen and oxygen atoms in total. The largest absolute Gasteiger partial charge is 0.490 e. The Kier molecular flexibility index (Phi) is 5.98. The lowest BCUT2D eigenvalue weighted by Crippen LogP contribution is -2.33. The third-order valence-electron chi connectivity index (χ3n) is 2.85. The molecule has 1 aliphatic heterocycles. The van der Waals surface area contributed by atoms with Crippen LogP contribution < -0.4 is 5.32 Å². The minimum atomic E-state index is -5.08. The van der Waals surface area contributed by atoms with Crippen molar-refractivity contribution in [3.63, 3.8) is 0 Å². The van der Waals surface area contributed by atoms with Crippen molar-refractivity contribution in [1.82, 2.24) is 5.32 Å². The van der Waals surface area contributed by atoms with Gasteiger partial charge in [-0.05, 0) is 48.2 Å². The van der Waals surface area contributed by atoms with Crippen molar-refractivity contribution in [3.05, 3.63) is 38.9 Å². The van der Waals surface area contributed by atoms with Crippen molar-refractivity contribution >= 4 is 28.0 Å². The van der Waals surface area contributed by atoms with Crippen LogP contribution in [-0.4, -0.2) is 30.3 Å². The predicted molar refractivity (Wildman–Crippen MR) is 78.2 cm³/mol. The van der Waals surface area contributed by atoms with Gasteiger partial charge in [0, 0.05) is 17.6 Å². The molecule has 21 heavy (non-hydrogen) atoms. The molecule has 0 spiro atoms. The van der Waals surface area contributed by atoms with Gasteiger partial charge in [0.25, 0.3) is 0 Å². The van der Waals surface area contributed by atoms with Crippen LogP contribution in [0, 0.1) is 13.8 Å². The number of halogens is 4. The predicted octanol–water partition coefficient (Wildman–Crippen LogP) is 3.69. The third-order valence-corrected chi connectivity index (χ3v) is 3.31. The summed E-state index contributed by atoms with van der Waals surface area (Å²) < 4.78 is 32.9. The molecule has 0 aliphatic carbocycles. The van der Waals surface area contributed by atoms with Crippen molar-refractivity contribution in [3.8, 4) is 0 Å². The Hall–Kier alpha value is -1.34. The van der Waals surface area contributed by atoms with Gasteiger partial charge < -0.3 is 10.4 Å². The summed E-state index contributed by atoms with van der Waals surface area (Å²) >= 11 is 3.51. The number of aryl methyl sites for hydroxylation is 2. The molecule has 1 heterocycles. The number of hydrogen-bond donors (Lipinski definition) is 2. The van der Waals surface area contributed by atoms with Crippen LogP contribution in [-0.2, 0) is 4.79 Å². The molecule has 0 amide bonds. The molecule has 0 saturated carbocycles.